The van der Waals surface area contributed by atoms with E-state index in [1.165, 1.54) is 11.8 Å². The summed E-state index contributed by atoms with van der Waals surface area (Å²) in [6.07, 6.45) is 3.87. The van der Waals surface area contributed by atoms with Gasteiger partial charge in [-0.15, -0.1) is 0 Å². The fourth-order valence-electron chi connectivity index (χ4n) is 3.98. The van der Waals surface area contributed by atoms with E-state index in [2.05, 4.69) is 0 Å². The topological polar surface area (TPSA) is 46.6 Å². The molecule has 4 rings (SSSR count). The Bertz CT molecular complexity index is 1290. The molecule has 0 saturated carbocycles. The molecule has 0 amide bonds. The number of carbonyl (C=O) groups excluding carboxylic acids is 2. The van der Waals surface area contributed by atoms with Crippen molar-refractivity contribution < 1.29 is 14.3 Å². The predicted molar refractivity (Wildman–Crippen MR) is 157 cm³/mol. The van der Waals surface area contributed by atoms with Gasteiger partial charge in [0.25, 0.3) is 0 Å². The number of likely N-dealkylation sites (tertiary alicyclic amines) is 1. The Hall–Kier alpha value is -3.48. The van der Waals surface area contributed by atoms with Gasteiger partial charge < -0.3 is 9.64 Å². The first kappa shape index (κ1) is 26.6. The van der Waals surface area contributed by atoms with Crippen molar-refractivity contribution >= 4 is 52.0 Å². The van der Waals surface area contributed by atoms with Gasteiger partial charge in [-0.3, -0.25) is 9.59 Å². The van der Waals surface area contributed by atoms with Gasteiger partial charge in [-0.1, -0.05) is 83.6 Å². The number of aryl methyl sites for hydroxylation is 2. The van der Waals surface area contributed by atoms with Crippen molar-refractivity contribution in [2.45, 2.75) is 13.8 Å². The Morgan fingerprint density at radius 2 is 1.35 bits per heavy atom. The molecule has 0 aliphatic carbocycles. The molecule has 37 heavy (non-hydrogen) atoms. The number of benzene rings is 3. The monoisotopic (exact) mass is 527 g/mol. The molecule has 1 saturated heterocycles. The smallest absolute Gasteiger partial charge is 0.188 e. The molecule has 0 N–H and O–H groups in total. The molecule has 0 aromatic heterocycles. The van der Waals surface area contributed by atoms with Crippen molar-refractivity contribution in [3.8, 4) is 5.75 Å². The molecule has 0 radical (unpaired) electrons. The van der Waals surface area contributed by atoms with E-state index in [4.69, 9.17) is 17.0 Å². The Labute approximate surface area is 228 Å². The van der Waals surface area contributed by atoms with Crippen LogP contribution in [-0.2, 0) is 4.79 Å². The number of hydrogen-bond acceptors (Lipinski definition) is 5. The van der Waals surface area contributed by atoms with Gasteiger partial charge in [-0.25, -0.2) is 0 Å². The average Bonchev–Trinajstić information content (AvgIpc) is 2.91. The first-order valence-corrected chi connectivity index (χ1v) is 13.4. The summed E-state index contributed by atoms with van der Waals surface area (Å²) < 4.78 is 5.77. The zero-order chi connectivity index (χ0) is 26.4. The summed E-state index contributed by atoms with van der Waals surface area (Å²) in [5.41, 5.74) is 6.24. The van der Waals surface area contributed by atoms with E-state index in [0.717, 1.165) is 22.3 Å². The van der Waals surface area contributed by atoms with Crippen LogP contribution in [0.1, 0.15) is 32.6 Å². The first-order chi connectivity index (χ1) is 17.8. The van der Waals surface area contributed by atoms with Crippen molar-refractivity contribution in [3.63, 3.8) is 0 Å². The zero-order valence-electron chi connectivity index (χ0n) is 21.2. The van der Waals surface area contributed by atoms with Crippen LogP contribution in [0.2, 0.25) is 0 Å². The second-order valence-corrected chi connectivity index (χ2v) is 10.7. The van der Waals surface area contributed by atoms with Gasteiger partial charge in [-0.2, -0.15) is 0 Å². The zero-order valence-corrected chi connectivity index (χ0v) is 22.8. The molecular formula is C31H29NO3S2. The van der Waals surface area contributed by atoms with Crippen LogP contribution < -0.4 is 4.74 Å². The molecule has 0 bridgehead atoms. The van der Waals surface area contributed by atoms with Crippen LogP contribution in [0, 0.1) is 13.8 Å². The second-order valence-electron chi connectivity index (χ2n) is 9.05. The Balaban J connectivity index is 1.54. The van der Waals surface area contributed by atoms with Crippen LogP contribution >= 0.6 is 24.0 Å². The highest BCUT2D eigenvalue weighted by atomic mass is 32.2. The summed E-state index contributed by atoms with van der Waals surface area (Å²) in [6, 6.07) is 23.3. The molecule has 0 spiro atoms. The number of hydrogen-bond donors (Lipinski definition) is 0. The third-order valence-corrected chi connectivity index (χ3v) is 7.66. The summed E-state index contributed by atoms with van der Waals surface area (Å²) in [6.45, 7) is 4.88. The normalized spacial score (nSPS) is 15.8. The quantitative estimate of drug-likeness (QED) is 0.205. The third-order valence-electron chi connectivity index (χ3n) is 6.14. The van der Waals surface area contributed by atoms with Crippen LogP contribution in [-0.4, -0.2) is 46.7 Å². The van der Waals surface area contributed by atoms with Gasteiger partial charge in [-0.05, 0) is 61.4 Å². The van der Waals surface area contributed by atoms with Gasteiger partial charge in [0, 0.05) is 29.8 Å². The molecule has 1 heterocycles. The molecule has 0 atom stereocenters. The molecule has 1 fully saturated rings. The fourth-order valence-corrected chi connectivity index (χ4v) is 5.01. The van der Waals surface area contributed by atoms with Gasteiger partial charge in [0.15, 0.2) is 11.6 Å². The van der Waals surface area contributed by atoms with Gasteiger partial charge in [0.05, 0.1) is 12.9 Å². The number of piperidine rings is 1. The highest BCUT2D eigenvalue weighted by molar-refractivity contribution is 8.23. The lowest BCUT2D eigenvalue weighted by Crippen LogP contribution is -2.40. The number of carbonyl (C=O) groups is 2. The first-order valence-electron chi connectivity index (χ1n) is 12.0. The van der Waals surface area contributed by atoms with E-state index in [0.29, 0.717) is 39.9 Å². The molecule has 188 valence electrons. The summed E-state index contributed by atoms with van der Waals surface area (Å²) in [5.74, 6) is 0.954. The summed E-state index contributed by atoms with van der Waals surface area (Å²) in [4.78, 5) is 28.2. The minimum absolute atomic E-state index is 0.00562. The summed E-state index contributed by atoms with van der Waals surface area (Å²) >= 11 is 7.07. The van der Waals surface area contributed by atoms with E-state index in [9.17, 15) is 9.59 Å². The molecular weight excluding hydrogens is 498 g/mol. The van der Waals surface area contributed by atoms with Crippen LogP contribution in [0.5, 0.6) is 5.75 Å². The SMILES string of the molecule is COc1ccc(C(=O)CSC(=S)N2C/C(=C\c3ccc(C)cc3)C(=O)/C(=C/c3ccc(C)cc3)C2)cc1. The van der Waals surface area contributed by atoms with Gasteiger partial charge >= 0.3 is 0 Å². The van der Waals surface area contributed by atoms with Crippen molar-refractivity contribution in [2.75, 3.05) is 26.0 Å². The molecule has 1 aliphatic rings. The largest absolute Gasteiger partial charge is 0.497 e. The maximum Gasteiger partial charge on any atom is 0.188 e. The van der Waals surface area contributed by atoms with Crippen molar-refractivity contribution in [1.29, 1.82) is 0 Å². The Kier molecular flexibility index (Phi) is 8.74. The van der Waals surface area contributed by atoms with Crippen LogP contribution in [0.4, 0.5) is 0 Å². The maximum absolute atomic E-state index is 13.5. The van der Waals surface area contributed by atoms with Crippen molar-refractivity contribution in [3.05, 3.63) is 112 Å². The van der Waals surface area contributed by atoms with Crippen LogP contribution in [0.3, 0.4) is 0 Å². The highest BCUT2D eigenvalue weighted by Gasteiger charge is 2.28. The number of nitrogens with zero attached hydrogens (tertiary/aromatic N) is 1. The minimum Gasteiger partial charge on any atom is -0.497 e. The molecule has 1 aliphatic heterocycles. The number of Topliss-reactive ketones (excluding diaryl/α,β-unsaturated/α-hetero) is 2. The molecule has 6 heteroatoms. The molecule has 4 nitrogen and oxygen atoms in total. The lowest BCUT2D eigenvalue weighted by molar-refractivity contribution is -0.113. The van der Waals surface area contributed by atoms with Gasteiger partial charge in [0.1, 0.15) is 10.1 Å². The highest BCUT2D eigenvalue weighted by Crippen LogP contribution is 2.26. The van der Waals surface area contributed by atoms with Crippen molar-refractivity contribution in [1.82, 2.24) is 4.90 Å². The number of thioether (sulfide) groups is 1. The Morgan fingerprint density at radius 3 is 1.81 bits per heavy atom. The summed E-state index contributed by atoms with van der Waals surface area (Å²) in [7, 11) is 1.59. The molecule has 3 aromatic carbocycles. The maximum atomic E-state index is 13.5. The third kappa shape index (κ3) is 7.06. The lowest BCUT2D eigenvalue weighted by atomic mass is 9.94. The number of thiocarbonyl (C=S) groups is 1. The van der Waals surface area contributed by atoms with E-state index in [1.807, 2.05) is 79.4 Å². The number of rotatable bonds is 6. The van der Waals surface area contributed by atoms with Crippen LogP contribution in [0.25, 0.3) is 12.2 Å². The number of ether oxygens (including phenoxy) is 1. The number of methoxy groups -OCH3 is 1. The summed E-state index contributed by atoms with van der Waals surface area (Å²) in [5, 5.41) is 0. The van der Waals surface area contributed by atoms with E-state index < -0.39 is 0 Å². The predicted octanol–water partition coefficient (Wildman–Crippen LogP) is 6.56. The van der Waals surface area contributed by atoms with Crippen molar-refractivity contribution in [2.24, 2.45) is 0 Å². The van der Waals surface area contributed by atoms with E-state index in [-0.39, 0.29) is 17.3 Å². The minimum atomic E-state index is -0.00562. The van der Waals surface area contributed by atoms with Gasteiger partial charge in [0.2, 0.25) is 0 Å². The van der Waals surface area contributed by atoms with E-state index >= 15 is 0 Å². The molecule has 0 unspecified atom stereocenters. The number of ketones is 2. The standard InChI is InChI=1S/C31H29NO3S2/c1-21-4-8-23(9-5-21)16-26-18-32(19-27(30(26)34)17-24-10-6-22(2)7-11-24)31(36)37-20-29(33)25-12-14-28(35-3)15-13-25/h4-17H,18-20H2,1-3H3/b26-16+,27-17+. The second kappa shape index (κ2) is 12.2. The van der Waals surface area contributed by atoms with Crippen LogP contribution in [0.15, 0.2) is 83.9 Å². The Morgan fingerprint density at radius 1 is 0.865 bits per heavy atom. The fraction of sp³-hybridized carbons (Fsp3) is 0.194. The van der Waals surface area contributed by atoms with E-state index in [1.54, 1.807) is 31.4 Å². The average molecular weight is 528 g/mol. The lowest BCUT2D eigenvalue weighted by Gasteiger charge is -2.31. The molecule has 3 aromatic rings.